The van der Waals surface area contributed by atoms with E-state index < -0.39 is 0 Å². The highest BCUT2D eigenvalue weighted by molar-refractivity contribution is 4.92. The Kier molecular flexibility index (Phi) is 4.60. The van der Waals surface area contributed by atoms with Crippen LogP contribution in [0.25, 0.3) is 0 Å². The van der Waals surface area contributed by atoms with Crippen molar-refractivity contribution in [2.45, 2.75) is 64.5 Å². The fraction of sp³-hybridized carbons (Fsp3) is 1.00. The van der Waals surface area contributed by atoms with Crippen molar-refractivity contribution in [2.24, 2.45) is 11.7 Å². The molecular formula is C13H28N2. The number of nitrogens with two attached hydrogens (primary N) is 1. The summed E-state index contributed by atoms with van der Waals surface area (Å²) in [5.74, 6) is 0.778. The minimum absolute atomic E-state index is 0.111. The second-order valence-corrected chi connectivity index (χ2v) is 5.96. The van der Waals surface area contributed by atoms with E-state index in [0.29, 0.717) is 6.04 Å². The van der Waals surface area contributed by atoms with Gasteiger partial charge in [0.1, 0.15) is 0 Å². The highest BCUT2D eigenvalue weighted by Crippen LogP contribution is 2.28. The first kappa shape index (κ1) is 13.0. The third kappa shape index (κ3) is 4.12. The maximum absolute atomic E-state index is 6.39. The lowest BCUT2D eigenvalue weighted by Crippen LogP contribution is -2.49. The van der Waals surface area contributed by atoms with Crippen LogP contribution in [0.2, 0.25) is 0 Å². The molecule has 0 heterocycles. The highest BCUT2D eigenvalue weighted by Gasteiger charge is 2.31. The molecule has 0 amide bonds. The quantitative estimate of drug-likeness (QED) is 0.759. The second-order valence-electron chi connectivity index (χ2n) is 5.96. The van der Waals surface area contributed by atoms with E-state index in [0.717, 1.165) is 12.5 Å². The Balaban J connectivity index is 2.36. The molecule has 1 aliphatic rings. The van der Waals surface area contributed by atoms with E-state index in [1.54, 1.807) is 0 Å². The zero-order valence-electron chi connectivity index (χ0n) is 10.9. The van der Waals surface area contributed by atoms with Crippen molar-refractivity contribution in [3.05, 3.63) is 0 Å². The second kappa shape index (κ2) is 5.31. The van der Waals surface area contributed by atoms with E-state index in [-0.39, 0.29) is 5.54 Å². The zero-order valence-corrected chi connectivity index (χ0v) is 10.9. The smallest absolute Gasteiger partial charge is 0.0283 e. The van der Waals surface area contributed by atoms with E-state index in [4.69, 9.17) is 5.73 Å². The lowest BCUT2D eigenvalue weighted by atomic mass is 9.96. The molecule has 1 rings (SSSR count). The summed E-state index contributed by atoms with van der Waals surface area (Å²) in [6.07, 6.45) is 6.34. The van der Waals surface area contributed by atoms with Crippen LogP contribution in [-0.4, -0.2) is 30.1 Å². The molecule has 0 aromatic carbocycles. The molecule has 0 aromatic rings. The van der Waals surface area contributed by atoms with Gasteiger partial charge in [0.25, 0.3) is 0 Å². The van der Waals surface area contributed by atoms with Gasteiger partial charge >= 0.3 is 0 Å². The number of hydrogen-bond acceptors (Lipinski definition) is 2. The van der Waals surface area contributed by atoms with E-state index in [1.807, 2.05) is 0 Å². The van der Waals surface area contributed by atoms with Gasteiger partial charge in [0.15, 0.2) is 0 Å². The van der Waals surface area contributed by atoms with Crippen LogP contribution in [0.5, 0.6) is 0 Å². The third-order valence-corrected chi connectivity index (χ3v) is 3.73. The normalized spacial score (nSPS) is 22.6. The Morgan fingerprint density at radius 2 is 1.73 bits per heavy atom. The maximum Gasteiger partial charge on any atom is 0.0283 e. The average Bonchev–Trinajstić information content (AvgIpc) is 2.50. The summed E-state index contributed by atoms with van der Waals surface area (Å²) >= 11 is 0. The summed E-state index contributed by atoms with van der Waals surface area (Å²) in [5.41, 5.74) is 6.50. The van der Waals surface area contributed by atoms with Crippen molar-refractivity contribution >= 4 is 0 Å². The molecule has 90 valence electrons. The number of nitrogens with zero attached hydrogens (tertiary/aromatic N) is 1. The largest absolute Gasteiger partial charge is 0.324 e. The summed E-state index contributed by atoms with van der Waals surface area (Å²) in [7, 11) is 2.22. The Morgan fingerprint density at radius 1 is 1.20 bits per heavy atom. The minimum Gasteiger partial charge on any atom is -0.324 e. The number of rotatable bonds is 5. The van der Waals surface area contributed by atoms with Crippen molar-refractivity contribution < 1.29 is 0 Å². The van der Waals surface area contributed by atoms with Gasteiger partial charge in [0.2, 0.25) is 0 Å². The monoisotopic (exact) mass is 212 g/mol. The molecule has 1 unspecified atom stereocenters. The molecule has 0 saturated heterocycles. The molecule has 0 bridgehead atoms. The van der Waals surface area contributed by atoms with Gasteiger partial charge in [-0.25, -0.2) is 0 Å². The SMILES string of the molecule is CC(C)CC(C)N(C)CC1(N)CCCC1. The van der Waals surface area contributed by atoms with Gasteiger partial charge in [0, 0.05) is 18.1 Å². The highest BCUT2D eigenvalue weighted by atomic mass is 15.1. The molecule has 15 heavy (non-hydrogen) atoms. The predicted octanol–water partition coefficient (Wildman–Crippen LogP) is 2.62. The van der Waals surface area contributed by atoms with E-state index >= 15 is 0 Å². The summed E-state index contributed by atoms with van der Waals surface area (Å²) in [6, 6.07) is 0.658. The molecule has 0 aliphatic heterocycles. The number of likely N-dealkylation sites (N-methyl/N-ethyl adjacent to an activating group) is 1. The zero-order chi connectivity index (χ0) is 11.5. The van der Waals surface area contributed by atoms with Crippen LogP contribution in [0.1, 0.15) is 52.9 Å². The molecular weight excluding hydrogens is 184 g/mol. The molecule has 1 fully saturated rings. The van der Waals surface area contributed by atoms with E-state index in [1.165, 1.54) is 32.1 Å². The van der Waals surface area contributed by atoms with Crippen molar-refractivity contribution in [3.63, 3.8) is 0 Å². The van der Waals surface area contributed by atoms with Crippen molar-refractivity contribution in [2.75, 3.05) is 13.6 Å². The lowest BCUT2D eigenvalue weighted by molar-refractivity contribution is 0.180. The van der Waals surface area contributed by atoms with Crippen LogP contribution in [-0.2, 0) is 0 Å². The summed E-state index contributed by atoms with van der Waals surface area (Å²) < 4.78 is 0. The van der Waals surface area contributed by atoms with Crippen molar-refractivity contribution in [1.82, 2.24) is 4.90 Å². The Labute approximate surface area is 95.2 Å². The fourth-order valence-corrected chi connectivity index (χ4v) is 2.75. The van der Waals surface area contributed by atoms with Crippen LogP contribution < -0.4 is 5.73 Å². The van der Waals surface area contributed by atoms with Crippen LogP contribution >= 0.6 is 0 Å². The summed E-state index contributed by atoms with van der Waals surface area (Å²) in [6.45, 7) is 7.97. The molecule has 1 saturated carbocycles. The van der Waals surface area contributed by atoms with Crippen LogP contribution in [0, 0.1) is 5.92 Å². The Hall–Kier alpha value is -0.0800. The first-order valence-electron chi connectivity index (χ1n) is 6.42. The maximum atomic E-state index is 6.39. The van der Waals surface area contributed by atoms with E-state index in [2.05, 4.69) is 32.7 Å². The van der Waals surface area contributed by atoms with Gasteiger partial charge in [-0.1, -0.05) is 26.7 Å². The van der Waals surface area contributed by atoms with Crippen LogP contribution in [0.4, 0.5) is 0 Å². The number of hydrogen-bond donors (Lipinski definition) is 1. The molecule has 0 spiro atoms. The summed E-state index contributed by atoms with van der Waals surface area (Å²) in [4.78, 5) is 2.45. The Bertz CT molecular complexity index is 183. The fourth-order valence-electron chi connectivity index (χ4n) is 2.75. The van der Waals surface area contributed by atoms with Crippen molar-refractivity contribution in [3.8, 4) is 0 Å². The van der Waals surface area contributed by atoms with Gasteiger partial charge in [-0.2, -0.15) is 0 Å². The third-order valence-electron chi connectivity index (χ3n) is 3.73. The average molecular weight is 212 g/mol. The standard InChI is InChI=1S/C13H28N2/c1-11(2)9-12(3)15(4)10-13(14)7-5-6-8-13/h11-12H,5-10,14H2,1-4H3. The van der Waals surface area contributed by atoms with Gasteiger partial charge < -0.3 is 10.6 Å². The predicted molar refractivity (Wildman–Crippen MR) is 66.9 cm³/mol. The van der Waals surface area contributed by atoms with Gasteiger partial charge in [-0.15, -0.1) is 0 Å². The molecule has 2 nitrogen and oxygen atoms in total. The van der Waals surface area contributed by atoms with Crippen LogP contribution in [0.3, 0.4) is 0 Å². The minimum atomic E-state index is 0.111. The summed E-state index contributed by atoms with van der Waals surface area (Å²) in [5, 5.41) is 0. The molecule has 0 aromatic heterocycles. The molecule has 1 atom stereocenters. The van der Waals surface area contributed by atoms with Crippen molar-refractivity contribution in [1.29, 1.82) is 0 Å². The topological polar surface area (TPSA) is 29.3 Å². The molecule has 0 radical (unpaired) electrons. The van der Waals surface area contributed by atoms with Gasteiger partial charge in [0.05, 0.1) is 0 Å². The Morgan fingerprint density at radius 3 is 2.20 bits per heavy atom. The van der Waals surface area contributed by atoms with E-state index in [9.17, 15) is 0 Å². The first-order chi connectivity index (χ1) is 6.93. The molecule has 2 N–H and O–H groups in total. The van der Waals surface area contributed by atoms with Crippen LogP contribution in [0.15, 0.2) is 0 Å². The lowest BCUT2D eigenvalue weighted by Gasteiger charge is -2.34. The first-order valence-corrected chi connectivity index (χ1v) is 6.42. The van der Waals surface area contributed by atoms with Gasteiger partial charge in [-0.05, 0) is 39.2 Å². The molecule has 1 aliphatic carbocycles. The molecule has 2 heteroatoms. The van der Waals surface area contributed by atoms with Gasteiger partial charge in [-0.3, -0.25) is 0 Å².